The topological polar surface area (TPSA) is 20.3 Å². The molecule has 3 heteroatoms. The van der Waals surface area contributed by atoms with Crippen molar-refractivity contribution in [1.82, 2.24) is 4.90 Å². The smallest absolute Gasteiger partial charge is 0.222 e. The molecule has 0 aromatic carbocycles. The molecule has 0 bridgehead atoms. The lowest BCUT2D eigenvalue weighted by Crippen LogP contribution is -2.34. The summed E-state index contributed by atoms with van der Waals surface area (Å²) in [5, 5.41) is 0. The van der Waals surface area contributed by atoms with E-state index in [1.54, 1.807) is 0 Å². The molecule has 0 spiro atoms. The van der Waals surface area contributed by atoms with E-state index in [2.05, 4.69) is 19.6 Å². The standard InChI is InChI=1S/C8H17NOSi/c1-9-6-5-7(8(9)10)11(2,3)4/h7H,5-6H2,1-4H3. The van der Waals surface area contributed by atoms with Gasteiger partial charge in [-0.3, -0.25) is 4.79 Å². The van der Waals surface area contributed by atoms with E-state index < -0.39 is 8.07 Å². The molecule has 0 saturated carbocycles. The molecular formula is C8H17NOSi. The van der Waals surface area contributed by atoms with Gasteiger partial charge in [0.05, 0.1) is 8.07 Å². The molecule has 2 nitrogen and oxygen atoms in total. The molecule has 0 aromatic heterocycles. The largest absolute Gasteiger partial charge is 0.346 e. The zero-order chi connectivity index (χ0) is 8.65. The second-order valence-electron chi connectivity index (χ2n) is 4.47. The Bertz CT molecular complexity index is 173. The maximum absolute atomic E-state index is 11.5. The minimum Gasteiger partial charge on any atom is -0.346 e. The Morgan fingerprint density at radius 3 is 2.18 bits per heavy atom. The average molecular weight is 171 g/mol. The number of carbonyl (C=O) groups is 1. The van der Waals surface area contributed by atoms with Crippen molar-refractivity contribution in [3.05, 3.63) is 0 Å². The maximum Gasteiger partial charge on any atom is 0.222 e. The van der Waals surface area contributed by atoms with E-state index in [9.17, 15) is 4.79 Å². The molecule has 0 N–H and O–H groups in total. The first-order valence-corrected chi connectivity index (χ1v) is 7.75. The third-order valence-corrected chi connectivity index (χ3v) is 5.10. The van der Waals surface area contributed by atoms with Gasteiger partial charge in [-0.1, -0.05) is 19.6 Å². The van der Waals surface area contributed by atoms with Gasteiger partial charge in [0, 0.05) is 19.1 Å². The van der Waals surface area contributed by atoms with Crippen LogP contribution >= 0.6 is 0 Å². The van der Waals surface area contributed by atoms with Crippen LogP contribution in [0.5, 0.6) is 0 Å². The van der Waals surface area contributed by atoms with E-state index in [0.29, 0.717) is 11.4 Å². The first kappa shape index (κ1) is 8.78. The van der Waals surface area contributed by atoms with Gasteiger partial charge in [0.25, 0.3) is 0 Å². The van der Waals surface area contributed by atoms with E-state index in [1.165, 1.54) is 0 Å². The first-order valence-electron chi connectivity index (χ1n) is 4.18. The van der Waals surface area contributed by atoms with E-state index >= 15 is 0 Å². The Morgan fingerprint density at radius 1 is 1.45 bits per heavy atom. The first-order chi connectivity index (χ1) is 4.93. The quantitative estimate of drug-likeness (QED) is 0.548. The molecule has 1 unspecified atom stereocenters. The van der Waals surface area contributed by atoms with Gasteiger partial charge >= 0.3 is 0 Å². The summed E-state index contributed by atoms with van der Waals surface area (Å²) in [6, 6.07) is 0. The van der Waals surface area contributed by atoms with Crippen LogP contribution in [0.15, 0.2) is 0 Å². The highest BCUT2D eigenvalue weighted by molar-refractivity contribution is 6.80. The van der Waals surface area contributed by atoms with Crippen LogP contribution in [0.3, 0.4) is 0 Å². The number of likely N-dealkylation sites (tertiary alicyclic amines) is 1. The van der Waals surface area contributed by atoms with E-state index in [1.807, 2.05) is 11.9 Å². The summed E-state index contributed by atoms with van der Waals surface area (Å²) in [5.74, 6) is 0.379. The van der Waals surface area contributed by atoms with Crippen LogP contribution in [-0.2, 0) is 4.79 Å². The van der Waals surface area contributed by atoms with E-state index in [-0.39, 0.29) is 0 Å². The summed E-state index contributed by atoms with van der Waals surface area (Å²) < 4.78 is 0. The van der Waals surface area contributed by atoms with Gasteiger partial charge in [0.2, 0.25) is 5.91 Å². The number of amides is 1. The number of hydrogen-bond donors (Lipinski definition) is 0. The Hall–Kier alpha value is -0.313. The highest BCUT2D eigenvalue weighted by Crippen LogP contribution is 2.31. The van der Waals surface area contributed by atoms with Gasteiger partial charge in [-0.15, -0.1) is 0 Å². The molecule has 64 valence electrons. The number of carbonyl (C=O) groups excluding carboxylic acids is 1. The summed E-state index contributed by atoms with van der Waals surface area (Å²) in [4.78, 5) is 13.4. The molecule has 1 aliphatic rings. The Labute approximate surface area is 69.6 Å². The minimum absolute atomic E-state index is 0.379. The van der Waals surface area contributed by atoms with E-state index in [4.69, 9.17) is 0 Å². The van der Waals surface area contributed by atoms with Crippen molar-refractivity contribution in [3.8, 4) is 0 Å². The summed E-state index contributed by atoms with van der Waals surface area (Å²) >= 11 is 0. The molecule has 1 amide bonds. The number of rotatable bonds is 1. The van der Waals surface area contributed by atoms with Crippen LogP contribution < -0.4 is 0 Å². The van der Waals surface area contributed by atoms with Crippen molar-refractivity contribution in [1.29, 1.82) is 0 Å². The Balaban J connectivity index is 2.70. The fourth-order valence-corrected chi connectivity index (χ4v) is 3.58. The lowest BCUT2D eigenvalue weighted by molar-refractivity contribution is -0.126. The number of nitrogens with zero attached hydrogens (tertiary/aromatic N) is 1. The molecule has 11 heavy (non-hydrogen) atoms. The summed E-state index contributed by atoms with van der Waals surface area (Å²) in [5.41, 5.74) is 0.382. The van der Waals surface area contributed by atoms with Crippen LogP contribution in [-0.4, -0.2) is 32.5 Å². The monoisotopic (exact) mass is 171 g/mol. The summed E-state index contributed by atoms with van der Waals surface area (Å²) in [6.45, 7) is 7.78. The molecular weight excluding hydrogens is 154 g/mol. The SMILES string of the molecule is CN1CCC([Si](C)(C)C)C1=O. The van der Waals surface area contributed by atoms with Crippen molar-refractivity contribution in [2.24, 2.45) is 0 Å². The predicted molar refractivity (Wildman–Crippen MR) is 49.4 cm³/mol. The Kier molecular flexibility index (Phi) is 2.10. The van der Waals surface area contributed by atoms with Crippen LogP contribution in [0.4, 0.5) is 0 Å². The zero-order valence-corrected chi connectivity index (χ0v) is 8.85. The van der Waals surface area contributed by atoms with Crippen molar-refractivity contribution in [2.45, 2.75) is 31.6 Å². The molecule has 1 heterocycles. The Morgan fingerprint density at radius 2 is 2.00 bits per heavy atom. The molecule has 0 radical (unpaired) electrons. The van der Waals surface area contributed by atoms with Crippen LogP contribution in [0.2, 0.25) is 25.2 Å². The second-order valence-corrected chi connectivity index (χ2v) is 9.90. The zero-order valence-electron chi connectivity index (χ0n) is 7.85. The van der Waals surface area contributed by atoms with Gasteiger partial charge < -0.3 is 4.90 Å². The third-order valence-electron chi connectivity index (χ3n) is 2.47. The highest BCUT2D eigenvalue weighted by Gasteiger charge is 2.38. The van der Waals surface area contributed by atoms with Crippen molar-refractivity contribution < 1.29 is 4.79 Å². The van der Waals surface area contributed by atoms with Gasteiger partial charge in [-0.05, 0) is 6.42 Å². The fourth-order valence-electron chi connectivity index (χ4n) is 1.63. The predicted octanol–water partition coefficient (Wildman–Crippen LogP) is 1.56. The molecule has 1 fully saturated rings. The van der Waals surface area contributed by atoms with Crippen LogP contribution in [0.1, 0.15) is 6.42 Å². The maximum atomic E-state index is 11.5. The fraction of sp³-hybridized carbons (Fsp3) is 0.875. The van der Waals surface area contributed by atoms with Gasteiger partial charge in [0.15, 0.2) is 0 Å². The summed E-state index contributed by atoms with van der Waals surface area (Å²) in [7, 11) is 0.685. The lowest BCUT2D eigenvalue weighted by Gasteiger charge is -2.22. The normalized spacial score (nSPS) is 26.4. The average Bonchev–Trinajstić information content (AvgIpc) is 2.11. The minimum atomic E-state index is -1.22. The van der Waals surface area contributed by atoms with Gasteiger partial charge in [-0.2, -0.15) is 0 Å². The van der Waals surface area contributed by atoms with Crippen molar-refractivity contribution in [3.63, 3.8) is 0 Å². The van der Waals surface area contributed by atoms with Crippen LogP contribution in [0.25, 0.3) is 0 Å². The molecule has 1 rings (SSSR count). The highest BCUT2D eigenvalue weighted by atomic mass is 28.3. The second kappa shape index (κ2) is 2.63. The van der Waals surface area contributed by atoms with E-state index in [0.717, 1.165) is 13.0 Å². The molecule has 1 atom stereocenters. The van der Waals surface area contributed by atoms with Crippen LogP contribution in [0, 0.1) is 0 Å². The molecule has 0 aromatic rings. The van der Waals surface area contributed by atoms with Gasteiger partial charge in [-0.25, -0.2) is 0 Å². The van der Waals surface area contributed by atoms with Crippen molar-refractivity contribution >= 4 is 14.0 Å². The molecule has 1 saturated heterocycles. The van der Waals surface area contributed by atoms with Crippen molar-refractivity contribution in [2.75, 3.05) is 13.6 Å². The lowest BCUT2D eigenvalue weighted by atomic mass is 10.4. The number of hydrogen-bond acceptors (Lipinski definition) is 1. The summed E-state index contributed by atoms with van der Waals surface area (Å²) in [6.07, 6.45) is 1.09. The van der Waals surface area contributed by atoms with Gasteiger partial charge in [0.1, 0.15) is 0 Å². The molecule has 1 aliphatic heterocycles. The molecule has 0 aliphatic carbocycles. The third kappa shape index (κ3) is 1.64.